The minimum Gasteiger partial charge on any atom is -0.305 e. The molecule has 2 rings (SSSR count). The molecule has 1 aliphatic heterocycles. The van der Waals surface area contributed by atoms with Crippen molar-refractivity contribution in [3.63, 3.8) is 0 Å². The molecule has 1 aliphatic rings. The number of halogens is 1. The maximum absolute atomic E-state index is 11.9. The predicted octanol–water partition coefficient (Wildman–Crippen LogP) is 1.14. The number of anilines is 1. The van der Waals surface area contributed by atoms with Crippen LogP contribution in [0.25, 0.3) is 0 Å². The van der Waals surface area contributed by atoms with Crippen LogP contribution in [0.4, 0.5) is 5.69 Å². The molecule has 0 aromatic heterocycles. The van der Waals surface area contributed by atoms with Crippen molar-refractivity contribution in [2.75, 3.05) is 11.4 Å². The van der Waals surface area contributed by atoms with Crippen molar-refractivity contribution in [3.8, 4) is 0 Å². The number of nitrogens with zero attached hydrogens (tertiary/aromatic N) is 1. The van der Waals surface area contributed by atoms with Gasteiger partial charge in [0.05, 0.1) is 11.3 Å². The zero-order chi connectivity index (χ0) is 14.7. The summed E-state index contributed by atoms with van der Waals surface area (Å²) in [5.41, 5.74) is 3.10. The molecule has 20 heavy (non-hydrogen) atoms. The van der Waals surface area contributed by atoms with E-state index in [1.54, 1.807) is 18.2 Å². The number of amides is 2. The number of hydrazine groups is 1. The number of ketones is 1. The van der Waals surface area contributed by atoms with E-state index in [4.69, 9.17) is 5.84 Å². The molecule has 0 unspecified atom stereocenters. The highest BCUT2D eigenvalue weighted by Gasteiger charge is 2.35. The summed E-state index contributed by atoms with van der Waals surface area (Å²) in [6, 6.07) is 5.13. The smallest absolute Gasteiger partial charge is 0.299 e. The van der Waals surface area contributed by atoms with Crippen molar-refractivity contribution >= 4 is 39.2 Å². The molecule has 2 amide bonds. The molecule has 6 nitrogen and oxygen atoms in total. The Bertz CT molecular complexity index is 574. The van der Waals surface area contributed by atoms with Gasteiger partial charge in [-0.25, -0.2) is 5.84 Å². The second kappa shape index (κ2) is 6.15. The molecule has 0 fully saturated rings. The van der Waals surface area contributed by atoms with Gasteiger partial charge in [0.25, 0.3) is 11.7 Å². The summed E-state index contributed by atoms with van der Waals surface area (Å²) in [6.45, 7) is 0.409. The van der Waals surface area contributed by atoms with E-state index < -0.39 is 11.7 Å². The summed E-state index contributed by atoms with van der Waals surface area (Å²) >= 11 is 3.33. The second-order valence-corrected chi connectivity index (χ2v) is 5.39. The van der Waals surface area contributed by atoms with Crippen LogP contribution in [0, 0.1) is 0 Å². The maximum atomic E-state index is 11.9. The molecule has 0 saturated heterocycles. The number of carbonyl (C=O) groups is 3. The number of unbranched alkanes of at least 4 members (excludes halogenated alkanes) is 1. The van der Waals surface area contributed by atoms with Crippen LogP contribution in [-0.4, -0.2) is 24.1 Å². The van der Waals surface area contributed by atoms with Crippen molar-refractivity contribution in [1.29, 1.82) is 0 Å². The molecule has 0 spiro atoms. The number of fused-ring (bicyclic) bond motifs is 1. The lowest BCUT2D eigenvalue weighted by Gasteiger charge is -2.16. The zero-order valence-corrected chi connectivity index (χ0v) is 12.3. The van der Waals surface area contributed by atoms with Crippen molar-refractivity contribution < 1.29 is 14.4 Å². The quantitative estimate of drug-likeness (QED) is 0.276. The Labute approximate surface area is 124 Å². The number of hydrogen-bond donors (Lipinski definition) is 2. The van der Waals surface area contributed by atoms with Gasteiger partial charge < -0.3 is 4.90 Å². The molecule has 3 N–H and O–H groups in total. The third-order valence-corrected chi connectivity index (χ3v) is 3.62. The highest BCUT2D eigenvalue weighted by molar-refractivity contribution is 9.10. The molecule has 0 atom stereocenters. The first-order valence-corrected chi connectivity index (χ1v) is 6.99. The third kappa shape index (κ3) is 2.88. The van der Waals surface area contributed by atoms with E-state index >= 15 is 0 Å². The second-order valence-electron chi connectivity index (χ2n) is 4.47. The fourth-order valence-corrected chi connectivity index (χ4v) is 2.47. The first-order valence-electron chi connectivity index (χ1n) is 6.20. The Morgan fingerprint density at radius 3 is 2.75 bits per heavy atom. The highest BCUT2D eigenvalue weighted by atomic mass is 79.9. The lowest BCUT2D eigenvalue weighted by Crippen LogP contribution is -2.32. The van der Waals surface area contributed by atoms with E-state index in [1.807, 2.05) is 0 Å². The zero-order valence-electron chi connectivity index (χ0n) is 10.7. The van der Waals surface area contributed by atoms with Crippen LogP contribution in [0.15, 0.2) is 22.7 Å². The predicted molar refractivity (Wildman–Crippen MR) is 77.0 cm³/mol. The molecule has 1 aromatic carbocycles. The number of benzene rings is 1. The van der Waals surface area contributed by atoms with Crippen LogP contribution >= 0.6 is 15.9 Å². The summed E-state index contributed by atoms with van der Waals surface area (Å²) in [4.78, 5) is 36.2. The van der Waals surface area contributed by atoms with E-state index in [0.29, 0.717) is 37.1 Å². The minimum atomic E-state index is -0.513. The summed E-state index contributed by atoms with van der Waals surface area (Å²) in [5, 5.41) is 0. The topological polar surface area (TPSA) is 92.5 Å². The first kappa shape index (κ1) is 14.7. The number of nitrogens with two attached hydrogens (primary N) is 1. The molecule has 1 aromatic rings. The van der Waals surface area contributed by atoms with Gasteiger partial charge in [0.2, 0.25) is 5.91 Å². The highest BCUT2D eigenvalue weighted by Crippen LogP contribution is 2.31. The van der Waals surface area contributed by atoms with Crippen molar-refractivity contribution in [2.24, 2.45) is 5.84 Å². The van der Waals surface area contributed by atoms with Gasteiger partial charge in [-0.15, -0.1) is 0 Å². The third-order valence-electron chi connectivity index (χ3n) is 3.13. The molecule has 106 valence electrons. The standard InChI is InChI=1S/C13H14BrN3O3/c14-8-4-5-9-10(7-8)17(13(20)12(9)19)6-2-1-3-11(18)16-15/h4-5,7H,1-3,6,15H2,(H,16,18). The monoisotopic (exact) mass is 339 g/mol. The van der Waals surface area contributed by atoms with Crippen molar-refractivity contribution in [1.82, 2.24) is 5.43 Å². The first-order chi connectivity index (χ1) is 9.54. The summed E-state index contributed by atoms with van der Waals surface area (Å²) < 4.78 is 0.811. The van der Waals surface area contributed by atoms with Gasteiger partial charge in [0.15, 0.2) is 0 Å². The summed E-state index contributed by atoms with van der Waals surface area (Å²) in [5.74, 6) is 3.75. The molecule has 0 aliphatic carbocycles. The maximum Gasteiger partial charge on any atom is 0.299 e. The van der Waals surface area contributed by atoms with Crippen molar-refractivity contribution in [2.45, 2.75) is 19.3 Å². The van der Waals surface area contributed by atoms with E-state index in [-0.39, 0.29) is 5.91 Å². The van der Waals surface area contributed by atoms with Crippen LogP contribution in [0.2, 0.25) is 0 Å². The molecule has 0 bridgehead atoms. The fraction of sp³-hybridized carbons (Fsp3) is 0.308. The average molecular weight is 340 g/mol. The Morgan fingerprint density at radius 2 is 2.05 bits per heavy atom. The van der Waals surface area contributed by atoms with E-state index in [0.717, 1.165) is 4.47 Å². The molecular formula is C13H14BrN3O3. The van der Waals surface area contributed by atoms with Gasteiger partial charge in [-0.05, 0) is 31.0 Å². The van der Waals surface area contributed by atoms with E-state index in [9.17, 15) is 14.4 Å². The number of hydrogen-bond acceptors (Lipinski definition) is 4. The summed E-state index contributed by atoms with van der Waals surface area (Å²) in [7, 11) is 0. The summed E-state index contributed by atoms with van der Waals surface area (Å²) in [6.07, 6.45) is 1.53. The lowest BCUT2D eigenvalue weighted by atomic mass is 10.1. The molecule has 7 heteroatoms. The molecule has 1 heterocycles. The Hall–Kier alpha value is -1.73. The SMILES string of the molecule is NNC(=O)CCCCN1C(=O)C(=O)c2ccc(Br)cc21. The lowest BCUT2D eigenvalue weighted by molar-refractivity contribution is -0.121. The minimum absolute atomic E-state index is 0.239. The normalized spacial score (nSPS) is 13.6. The van der Waals surface area contributed by atoms with Gasteiger partial charge in [-0.1, -0.05) is 15.9 Å². The molecule has 0 saturated carbocycles. The fourth-order valence-electron chi connectivity index (χ4n) is 2.12. The van der Waals surface area contributed by atoms with Crippen LogP contribution < -0.4 is 16.2 Å². The van der Waals surface area contributed by atoms with Gasteiger partial charge in [0.1, 0.15) is 0 Å². The Morgan fingerprint density at radius 1 is 1.30 bits per heavy atom. The van der Waals surface area contributed by atoms with Gasteiger partial charge in [-0.2, -0.15) is 0 Å². The number of nitrogens with one attached hydrogen (secondary N) is 1. The number of Topliss-reactive ketones (excluding diaryl/α,β-unsaturated/α-hetero) is 1. The number of carbonyl (C=O) groups excluding carboxylic acids is 3. The van der Waals surface area contributed by atoms with Crippen LogP contribution in [-0.2, 0) is 9.59 Å². The van der Waals surface area contributed by atoms with Crippen molar-refractivity contribution in [3.05, 3.63) is 28.2 Å². The number of rotatable bonds is 5. The molecule has 0 radical (unpaired) electrons. The Kier molecular flexibility index (Phi) is 4.51. The van der Waals surface area contributed by atoms with Gasteiger partial charge in [0, 0.05) is 17.4 Å². The Balaban J connectivity index is 2.02. The largest absolute Gasteiger partial charge is 0.305 e. The van der Waals surface area contributed by atoms with E-state index in [1.165, 1.54) is 4.90 Å². The van der Waals surface area contributed by atoms with Gasteiger partial charge in [-0.3, -0.25) is 19.8 Å². The van der Waals surface area contributed by atoms with Crippen LogP contribution in [0.3, 0.4) is 0 Å². The van der Waals surface area contributed by atoms with Crippen LogP contribution in [0.5, 0.6) is 0 Å². The average Bonchev–Trinajstić information content (AvgIpc) is 2.67. The van der Waals surface area contributed by atoms with Crippen LogP contribution in [0.1, 0.15) is 29.6 Å². The van der Waals surface area contributed by atoms with E-state index in [2.05, 4.69) is 21.4 Å². The molecular weight excluding hydrogens is 326 g/mol. The van der Waals surface area contributed by atoms with Gasteiger partial charge >= 0.3 is 0 Å².